The van der Waals surface area contributed by atoms with Crippen molar-refractivity contribution < 1.29 is 17.9 Å². The molecule has 1 aliphatic heterocycles. The second kappa shape index (κ2) is 5.75. The van der Waals surface area contributed by atoms with Crippen LogP contribution >= 0.6 is 0 Å². The van der Waals surface area contributed by atoms with Gasteiger partial charge in [-0.05, 0) is 20.3 Å². The molecule has 0 radical (unpaired) electrons. The number of sulfonamides is 1. The molecule has 5 nitrogen and oxygen atoms in total. The molecule has 1 fully saturated rings. The number of hydrogen-bond donors (Lipinski definition) is 0. The van der Waals surface area contributed by atoms with E-state index >= 15 is 0 Å². The lowest BCUT2D eigenvalue weighted by atomic mass is 10.1. The van der Waals surface area contributed by atoms with E-state index in [0.717, 1.165) is 0 Å². The molecule has 0 aliphatic carbocycles. The Balaban J connectivity index is 2.46. The van der Waals surface area contributed by atoms with Gasteiger partial charge in [-0.25, -0.2) is 8.42 Å². The van der Waals surface area contributed by atoms with Crippen LogP contribution in [-0.4, -0.2) is 50.1 Å². The molecule has 0 amide bonds. The highest BCUT2D eigenvalue weighted by molar-refractivity contribution is 7.89. The van der Waals surface area contributed by atoms with Crippen LogP contribution in [0.15, 0.2) is 0 Å². The molecule has 0 spiro atoms. The second-order valence-electron chi connectivity index (χ2n) is 4.21. The summed E-state index contributed by atoms with van der Waals surface area (Å²) in [5.41, 5.74) is 0. The molecular formula is C10H19NO4S. The van der Waals surface area contributed by atoms with E-state index < -0.39 is 10.0 Å². The van der Waals surface area contributed by atoms with Crippen molar-refractivity contribution in [2.45, 2.75) is 32.8 Å². The molecule has 0 aromatic heterocycles. The van der Waals surface area contributed by atoms with Crippen molar-refractivity contribution in [1.82, 2.24) is 4.31 Å². The average molecular weight is 249 g/mol. The smallest absolute Gasteiger partial charge is 0.216 e. The van der Waals surface area contributed by atoms with Gasteiger partial charge in [-0.1, -0.05) is 0 Å². The molecule has 0 aromatic rings. The Kier molecular flexibility index (Phi) is 4.89. The van der Waals surface area contributed by atoms with Crippen molar-refractivity contribution >= 4 is 15.8 Å². The summed E-state index contributed by atoms with van der Waals surface area (Å²) in [4.78, 5) is 11.2. The summed E-state index contributed by atoms with van der Waals surface area (Å²) >= 11 is 0. The van der Waals surface area contributed by atoms with Gasteiger partial charge in [0.05, 0.1) is 25.0 Å². The SMILES string of the molecule is CC(C)OCCS(=O)(=O)N1CCCC(=O)C1. The zero-order valence-corrected chi connectivity index (χ0v) is 10.6. The summed E-state index contributed by atoms with van der Waals surface area (Å²) < 4.78 is 30.1. The third-order valence-corrected chi connectivity index (χ3v) is 4.18. The van der Waals surface area contributed by atoms with Crippen molar-refractivity contribution in [3.8, 4) is 0 Å². The van der Waals surface area contributed by atoms with Crippen LogP contribution in [0, 0.1) is 0 Å². The quantitative estimate of drug-likeness (QED) is 0.708. The number of carbonyl (C=O) groups is 1. The second-order valence-corrected chi connectivity index (χ2v) is 6.30. The number of ketones is 1. The Hall–Kier alpha value is -0.460. The van der Waals surface area contributed by atoms with Crippen LogP contribution in [0.5, 0.6) is 0 Å². The van der Waals surface area contributed by atoms with Crippen molar-refractivity contribution in [3.63, 3.8) is 0 Å². The lowest BCUT2D eigenvalue weighted by Gasteiger charge is -2.25. The summed E-state index contributed by atoms with van der Waals surface area (Å²) in [7, 11) is -3.32. The molecule has 0 saturated carbocycles. The van der Waals surface area contributed by atoms with Crippen LogP contribution in [0.25, 0.3) is 0 Å². The standard InChI is InChI=1S/C10H19NO4S/c1-9(2)15-6-7-16(13,14)11-5-3-4-10(12)8-11/h9H,3-8H2,1-2H3. The van der Waals surface area contributed by atoms with Gasteiger partial charge in [0.15, 0.2) is 0 Å². The third-order valence-electron chi connectivity index (χ3n) is 2.40. The molecule has 1 heterocycles. The fraction of sp³-hybridized carbons (Fsp3) is 0.900. The first kappa shape index (κ1) is 13.6. The molecule has 1 saturated heterocycles. The minimum absolute atomic E-state index is 0.000368. The maximum absolute atomic E-state index is 11.8. The Morgan fingerprint density at radius 2 is 2.12 bits per heavy atom. The topological polar surface area (TPSA) is 63.7 Å². The largest absolute Gasteiger partial charge is 0.378 e. The number of rotatable bonds is 5. The number of piperidine rings is 1. The molecule has 6 heteroatoms. The predicted molar refractivity (Wildman–Crippen MR) is 60.7 cm³/mol. The molecule has 0 aromatic carbocycles. The van der Waals surface area contributed by atoms with Gasteiger partial charge in [-0.15, -0.1) is 0 Å². The Labute approximate surface area is 96.8 Å². The number of carbonyl (C=O) groups excluding carboxylic acids is 1. The first-order chi connectivity index (χ1) is 7.42. The van der Waals surface area contributed by atoms with Gasteiger partial charge in [-0.2, -0.15) is 4.31 Å². The van der Waals surface area contributed by atoms with Crippen molar-refractivity contribution in [2.24, 2.45) is 0 Å². The summed E-state index contributed by atoms with van der Waals surface area (Å²) in [6, 6.07) is 0. The predicted octanol–water partition coefficient (Wildman–Crippen LogP) is 0.406. The molecular weight excluding hydrogens is 230 g/mol. The normalized spacial score (nSPS) is 19.3. The minimum Gasteiger partial charge on any atom is -0.378 e. The van der Waals surface area contributed by atoms with E-state index in [-0.39, 0.29) is 30.8 Å². The van der Waals surface area contributed by atoms with E-state index in [9.17, 15) is 13.2 Å². The van der Waals surface area contributed by atoms with E-state index in [4.69, 9.17) is 4.74 Å². The maximum atomic E-state index is 11.8. The minimum atomic E-state index is -3.32. The van der Waals surface area contributed by atoms with E-state index in [0.29, 0.717) is 19.4 Å². The van der Waals surface area contributed by atoms with Gasteiger partial charge >= 0.3 is 0 Å². The van der Waals surface area contributed by atoms with Crippen LogP contribution in [0.4, 0.5) is 0 Å². The average Bonchev–Trinajstić information content (AvgIpc) is 2.16. The molecule has 0 N–H and O–H groups in total. The Bertz CT molecular complexity index is 337. The molecule has 94 valence electrons. The van der Waals surface area contributed by atoms with Crippen molar-refractivity contribution in [1.29, 1.82) is 0 Å². The zero-order chi connectivity index (χ0) is 12.2. The number of Topliss-reactive ketones (excluding diaryl/α,β-unsaturated/α-hetero) is 1. The Morgan fingerprint density at radius 3 is 2.69 bits per heavy atom. The first-order valence-electron chi connectivity index (χ1n) is 5.53. The first-order valence-corrected chi connectivity index (χ1v) is 7.14. The molecule has 0 unspecified atom stereocenters. The van der Waals surface area contributed by atoms with Crippen LogP contribution in [0.2, 0.25) is 0 Å². The molecule has 16 heavy (non-hydrogen) atoms. The third kappa shape index (κ3) is 4.19. The van der Waals surface area contributed by atoms with Gasteiger partial charge < -0.3 is 4.74 Å². The van der Waals surface area contributed by atoms with E-state index in [1.54, 1.807) is 0 Å². The van der Waals surface area contributed by atoms with Crippen molar-refractivity contribution in [3.05, 3.63) is 0 Å². The van der Waals surface area contributed by atoms with Crippen molar-refractivity contribution in [2.75, 3.05) is 25.4 Å². The van der Waals surface area contributed by atoms with Crippen LogP contribution in [-0.2, 0) is 19.6 Å². The van der Waals surface area contributed by atoms with Gasteiger partial charge in [0.1, 0.15) is 5.78 Å². The molecule has 1 aliphatic rings. The fourth-order valence-electron chi connectivity index (χ4n) is 1.56. The summed E-state index contributed by atoms with van der Waals surface area (Å²) in [5.74, 6) is -0.0436. The highest BCUT2D eigenvalue weighted by Crippen LogP contribution is 2.11. The molecule has 1 rings (SSSR count). The zero-order valence-electron chi connectivity index (χ0n) is 9.81. The highest BCUT2D eigenvalue weighted by Gasteiger charge is 2.27. The van der Waals surface area contributed by atoms with Gasteiger partial charge in [0, 0.05) is 13.0 Å². The van der Waals surface area contributed by atoms with E-state index in [2.05, 4.69) is 0 Å². The van der Waals surface area contributed by atoms with E-state index in [1.807, 2.05) is 13.8 Å². The molecule has 0 bridgehead atoms. The van der Waals surface area contributed by atoms with Gasteiger partial charge in [-0.3, -0.25) is 4.79 Å². The maximum Gasteiger partial charge on any atom is 0.216 e. The van der Waals surface area contributed by atoms with Gasteiger partial charge in [0.25, 0.3) is 0 Å². The monoisotopic (exact) mass is 249 g/mol. The summed E-state index contributed by atoms with van der Waals surface area (Å²) in [6.07, 6.45) is 1.15. The summed E-state index contributed by atoms with van der Waals surface area (Å²) in [6.45, 7) is 4.39. The van der Waals surface area contributed by atoms with Gasteiger partial charge in [0.2, 0.25) is 10.0 Å². The molecule has 0 atom stereocenters. The fourth-order valence-corrected chi connectivity index (χ4v) is 2.88. The number of ether oxygens (including phenoxy) is 1. The summed E-state index contributed by atoms with van der Waals surface area (Å²) in [5, 5.41) is 0. The Morgan fingerprint density at radius 1 is 1.44 bits per heavy atom. The van der Waals surface area contributed by atoms with Crippen LogP contribution < -0.4 is 0 Å². The van der Waals surface area contributed by atoms with Crippen LogP contribution in [0.3, 0.4) is 0 Å². The number of hydrogen-bond acceptors (Lipinski definition) is 4. The highest BCUT2D eigenvalue weighted by atomic mass is 32.2. The van der Waals surface area contributed by atoms with E-state index in [1.165, 1.54) is 4.31 Å². The lowest BCUT2D eigenvalue weighted by Crippen LogP contribution is -2.42. The lowest BCUT2D eigenvalue weighted by molar-refractivity contribution is -0.120. The van der Waals surface area contributed by atoms with Crippen LogP contribution in [0.1, 0.15) is 26.7 Å². The number of nitrogens with zero attached hydrogens (tertiary/aromatic N) is 1.